The molecule has 0 bridgehead atoms. The van der Waals surface area contributed by atoms with E-state index in [1.807, 2.05) is 19.9 Å². The summed E-state index contributed by atoms with van der Waals surface area (Å²) in [6.07, 6.45) is 1.64. The molecule has 3 aromatic rings. The quantitative estimate of drug-likeness (QED) is 0.629. The van der Waals surface area contributed by atoms with Crippen molar-refractivity contribution in [2.24, 2.45) is 0 Å². The van der Waals surface area contributed by atoms with Gasteiger partial charge >= 0.3 is 0 Å². The third-order valence-electron chi connectivity index (χ3n) is 3.41. The number of nitrogens with one attached hydrogen (secondary N) is 2. The molecule has 0 aliphatic rings. The van der Waals surface area contributed by atoms with Gasteiger partial charge in [-0.3, -0.25) is 9.59 Å². The predicted octanol–water partition coefficient (Wildman–Crippen LogP) is 1.74. The summed E-state index contributed by atoms with van der Waals surface area (Å²) in [7, 11) is 0. The Hall–Kier alpha value is -3.07. The van der Waals surface area contributed by atoms with Crippen molar-refractivity contribution in [1.29, 1.82) is 0 Å². The third kappa shape index (κ3) is 4.12. The molecular formula is C17H18N6O2S. The number of hydrogen-bond acceptors (Lipinski definition) is 7. The Morgan fingerprint density at radius 2 is 1.92 bits per heavy atom. The molecule has 0 aliphatic heterocycles. The molecule has 0 saturated carbocycles. The summed E-state index contributed by atoms with van der Waals surface area (Å²) in [6.45, 7) is 4.00. The number of carbonyl (C=O) groups excluding carboxylic acids is 2. The number of pyridine rings is 2. The van der Waals surface area contributed by atoms with Crippen molar-refractivity contribution >= 4 is 38.6 Å². The van der Waals surface area contributed by atoms with E-state index in [2.05, 4.69) is 25.6 Å². The first-order valence-electron chi connectivity index (χ1n) is 7.99. The first-order valence-corrected chi connectivity index (χ1v) is 8.81. The normalized spacial score (nSPS) is 10.9. The molecule has 4 N–H and O–H groups in total. The second kappa shape index (κ2) is 7.44. The Morgan fingerprint density at radius 1 is 1.19 bits per heavy atom. The zero-order valence-electron chi connectivity index (χ0n) is 14.3. The molecular weight excluding hydrogens is 352 g/mol. The molecule has 0 radical (unpaired) electrons. The Labute approximate surface area is 153 Å². The number of rotatable bonds is 5. The third-order valence-corrected chi connectivity index (χ3v) is 4.23. The highest BCUT2D eigenvalue weighted by atomic mass is 32.1. The van der Waals surface area contributed by atoms with Crippen molar-refractivity contribution in [3.8, 4) is 0 Å². The van der Waals surface area contributed by atoms with E-state index in [4.69, 9.17) is 5.73 Å². The van der Waals surface area contributed by atoms with Gasteiger partial charge in [-0.1, -0.05) is 17.4 Å². The van der Waals surface area contributed by atoms with Gasteiger partial charge in [0.2, 0.25) is 0 Å². The van der Waals surface area contributed by atoms with Crippen LogP contribution in [0, 0.1) is 0 Å². The number of carbonyl (C=O) groups is 2. The van der Waals surface area contributed by atoms with Crippen LogP contribution in [0.5, 0.6) is 0 Å². The van der Waals surface area contributed by atoms with Crippen LogP contribution in [0.25, 0.3) is 10.3 Å². The van der Waals surface area contributed by atoms with Gasteiger partial charge in [0, 0.05) is 18.8 Å². The van der Waals surface area contributed by atoms with E-state index in [0.717, 1.165) is 10.3 Å². The molecule has 3 aromatic heterocycles. The fourth-order valence-corrected chi connectivity index (χ4v) is 3.03. The maximum Gasteiger partial charge on any atom is 0.270 e. The molecule has 26 heavy (non-hydrogen) atoms. The smallest absolute Gasteiger partial charge is 0.270 e. The Kier molecular flexibility index (Phi) is 5.08. The summed E-state index contributed by atoms with van der Waals surface area (Å²) in [5.41, 5.74) is 7.46. The fraction of sp³-hybridized carbons (Fsp3) is 0.235. The Bertz CT molecular complexity index is 969. The minimum atomic E-state index is -0.367. The monoisotopic (exact) mass is 370 g/mol. The zero-order chi connectivity index (χ0) is 18.7. The number of aromatic nitrogens is 3. The van der Waals surface area contributed by atoms with Crippen LogP contribution in [0.4, 0.5) is 5.13 Å². The van der Waals surface area contributed by atoms with Crippen molar-refractivity contribution in [3.05, 3.63) is 47.4 Å². The maximum absolute atomic E-state index is 12.3. The first kappa shape index (κ1) is 17.7. The van der Waals surface area contributed by atoms with Crippen molar-refractivity contribution in [1.82, 2.24) is 25.6 Å². The molecule has 0 unspecified atom stereocenters. The summed E-state index contributed by atoms with van der Waals surface area (Å²) >= 11 is 1.34. The molecule has 0 spiro atoms. The predicted molar refractivity (Wildman–Crippen MR) is 99.8 cm³/mol. The molecule has 2 amide bonds. The molecule has 0 aromatic carbocycles. The van der Waals surface area contributed by atoms with Crippen LogP contribution in [0.1, 0.15) is 40.4 Å². The van der Waals surface area contributed by atoms with Crippen molar-refractivity contribution in [2.75, 3.05) is 5.73 Å². The lowest BCUT2D eigenvalue weighted by Crippen LogP contribution is -2.31. The van der Waals surface area contributed by atoms with Gasteiger partial charge in [0.15, 0.2) is 10.8 Å². The van der Waals surface area contributed by atoms with Crippen LogP contribution in [0.2, 0.25) is 0 Å². The van der Waals surface area contributed by atoms with Gasteiger partial charge in [-0.2, -0.15) is 0 Å². The maximum atomic E-state index is 12.3. The van der Waals surface area contributed by atoms with Crippen LogP contribution >= 0.6 is 11.3 Å². The average Bonchev–Trinajstić information content (AvgIpc) is 2.98. The fourth-order valence-electron chi connectivity index (χ4n) is 2.27. The van der Waals surface area contributed by atoms with E-state index in [0.29, 0.717) is 10.8 Å². The van der Waals surface area contributed by atoms with E-state index in [9.17, 15) is 9.59 Å². The topological polar surface area (TPSA) is 123 Å². The van der Waals surface area contributed by atoms with E-state index in [-0.39, 0.29) is 35.8 Å². The van der Waals surface area contributed by atoms with Gasteiger partial charge < -0.3 is 16.4 Å². The van der Waals surface area contributed by atoms with Crippen molar-refractivity contribution in [2.45, 2.75) is 26.4 Å². The minimum Gasteiger partial charge on any atom is -0.375 e. The molecule has 0 aliphatic carbocycles. The second-order valence-electron chi connectivity index (χ2n) is 5.94. The van der Waals surface area contributed by atoms with E-state index >= 15 is 0 Å². The Balaban J connectivity index is 1.68. The number of anilines is 1. The number of nitrogens with two attached hydrogens (primary N) is 1. The summed E-state index contributed by atoms with van der Waals surface area (Å²) < 4.78 is 0.861. The van der Waals surface area contributed by atoms with E-state index < -0.39 is 0 Å². The van der Waals surface area contributed by atoms with Crippen LogP contribution in [-0.2, 0) is 6.54 Å². The standard InChI is InChI=1S/C17H18N6O2S/c1-9(2)21-16(25)12-5-3-4-11(22-12)15(24)20-8-10-6-13-14(19-7-10)23-17(18)26-13/h3-7,9H,8H2,1-2H3,(H,20,24)(H,21,25)(H2,18,19,23). The van der Waals surface area contributed by atoms with Crippen LogP contribution in [0.3, 0.4) is 0 Å². The van der Waals surface area contributed by atoms with Crippen molar-refractivity contribution in [3.63, 3.8) is 0 Å². The molecule has 0 atom stereocenters. The average molecular weight is 370 g/mol. The molecule has 9 heteroatoms. The number of nitrogens with zero attached hydrogens (tertiary/aromatic N) is 3. The largest absolute Gasteiger partial charge is 0.375 e. The molecule has 0 fully saturated rings. The van der Waals surface area contributed by atoms with E-state index in [1.165, 1.54) is 11.3 Å². The number of fused-ring (bicyclic) bond motifs is 1. The number of amides is 2. The molecule has 0 saturated heterocycles. The Morgan fingerprint density at radius 3 is 2.65 bits per heavy atom. The van der Waals surface area contributed by atoms with E-state index in [1.54, 1.807) is 24.4 Å². The van der Waals surface area contributed by atoms with Gasteiger partial charge in [0.05, 0.1) is 4.70 Å². The van der Waals surface area contributed by atoms with Crippen LogP contribution in [0.15, 0.2) is 30.5 Å². The molecule has 134 valence electrons. The highest BCUT2D eigenvalue weighted by molar-refractivity contribution is 7.22. The second-order valence-corrected chi connectivity index (χ2v) is 7.00. The highest BCUT2D eigenvalue weighted by Gasteiger charge is 2.13. The molecule has 3 heterocycles. The van der Waals surface area contributed by atoms with Crippen molar-refractivity contribution < 1.29 is 9.59 Å². The van der Waals surface area contributed by atoms with Gasteiger partial charge in [-0.15, -0.1) is 0 Å². The van der Waals surface area contributed by atoms with Crippen LogP contribution < -0.4 is 16.4 Å². The number of hydrogen-bond donors (Lipinski definition) is 3. The van der Waals surface area contributed by atoms with Crippen LogP contribution in [-0.4, -0.2) is 32.8 Å². The SMILES string of the molecule is CC(C)NC(=O)c1cccc(C(=O)NCc2cnc3nc(N)sc3c2)n1. The van der Waals surface area contributed by atoms with Gasteiger partial charge in [-0.25, -0.2) is 15.0 Å². The van der Waals surface area contributed by atoms with Gasteiger partial charge in [0.25, 0.3) is 11.8 Å². The number of nitrogen functional groups attached to an aromatic ring is 1. The lowest BCUT2D eigenvalue weighted by Gasteiger charge is -2.09. The summed E-state index contributed by atoms with van der Waals surface area (Å²) in [4.78, 5) is 36.8. The summed E-state index contributed by atoms with van der Waals surface area (Å²) in [6, 6.07) is 6.64. The highest BCUT2D eigenvalue weighted by Crippen LogP contribution is 2.22. The lowest BCUT2D eigenvalue weighted by molar-refractivity contribution is 0.0936. The number of thiazole rings is 1. The summed E-state index contributed by atoms with van der Waals surface area (Å²) in [5.74, 6) is -0.680. The first-order chi connectivity index (χ1) is 12.4. The zero-order valence-corrected chi connectivity index (χ0v) is 15.1. The summed E-state index contributed by atoms with van der Waals surface area (Å²) in [5, 5.41) is 5.97. The van der Waals surface area contributed by atoms with Gasteiger partial charge in [-0.05, 0) is 37.6 Å². The minimum absolute atomic E-state index is 0.00928. The van der Waals surface area contributed by atoms with Gasteiger partial charge in [0.1, 0.15) is 11.4 Å². The molecule has 8 nitrogen and oxygen atoms in total. The molecule has 3 rings (SSSR count). The lowest BCUT2D eigenvalue weighted by atomic mass is 10.2.